The molecule has 1 aliphatic rings. The summed E-state index contributed by atoms with van der Waals surface area (Å²) in [5, 5.41) is 0. The quantitative estimate of drug-likeness (QED) is 0.500. The normalized spacial score (nSPS) is 30.2. The average Bonchev–Trinajstić information content (AvgIpc) is 1.93. The Bertz CT molecular complexity index is 133. The molecule has 58 valence electrons. The van der Waals surface area contributed by atoms with Gasteiger partial charge in [0.1, 0.15) is 5.78 Å². The highest BCUT2D eigenvalue weighted by Crippen LogP contribution is 2.11. The Hall–Kier alpha value is -0.370. The molecule has 0 aromatic heterocycles. The number of carbonyl (C=O) groups is 1. The van der Waals surface area contributed by atoms with Gasteiger partial charge in [-0.15, -0.1) is 0 Å². The first-order valence-corrected chi connectivity index (χ1v) is 3.88. The second-order valence-electron chi connectivity index (χ2n) is 3.38. The van der Waals surface area contributed by atoms with Gasteiger partial charge in [0.2, 0.25) is 0 Å². The van der Waals surface area contributed by atoms with E-state index in [1.54, 1.807) is 0 Å². The number of carbonyl (C=O) groups excluding carboxylic acids is 1. The van der Waals surface area contributed by atoms with Crippen molar-refractivity contribution in [1.29, 1.82) is 0 Å². The van der Waals surface area contributed by atoms with Crippen molar-refractivity contribution in [2.24, 2.45) is 5.92 Å². The van der Waals surface area contributed by atoms with Gasteiger partial charge in [-0.2, -0.15) is 0 Å². The summed E-state index contributed by atoms with van der Waals surface area (Å²) in [4.78, 5) is 13.1. The van der Waals surface area contributed by atoms with Crippen molar-refractivity contribution < 1.29 is 4.79 Å². The molecule has 1 heterocycles. The first-order valence-electron chi connectivity index (χ1n) is 3.88. The van der Waals surface area contributed by atoms with Gasteiger partial charge in [-0.3, -0.25) is 9.69 Å². The van der Waals surface area contributed by atoms with Gasteiger partial charge in [-0.05, 0) is 19.4 Å². The van der Waals surface area contributed by atoms with E-state index in [1.165, 1.54) is 0 Å². The van der Waals surface area contributed by atoms with Gasteiger partial charge in [0.15, 0.2) is 0 Å². The third-order valence-corrected chi connectivity index (χ3v) is 1.99. The third-order valence-electron chi connectivity index (χ3n) is 1.99. The molecule has 0 aliphatic carbocycles. The van der Waals surface area contributed by atoms with Gasteiger partial charge < -0.3 is 0 Å². The number of likely N-dealkylation sites (N-methyl/N-ethyl adjacent to an activating group) is 1. The molecule has 1 saturated heterocycles. The van der Waals surface area contributed by atoms with Crippen LogP contribution in [0.5, 0.6) is 0 Å². The number of hydrogen-bond acceptors (Lipinski definition) is 2. The highest BCUT2D eigenvalue weighted by molar-refractivity contribution is 5.80. The first kappa shape index (κ1) is 7.73. The summed E-state index contributed by atoms with van der Waals surface area (Å²) < 4.78 is 0. The molecule has 1 atom stereocenters. The van der Waals surface area contributed by atoms with Crippen LogP contribution in [0, 0.1) is 5.92 Å². The van der Waals surface area contributed by atoms with Gasteiger partial charge in [0, 0.05) is 13.0 Å². The average molecular weight is 141 g/mol. The van der Waals surface area contributed by atoms with Crippen molar-refractivity contribution in [3.8, 4) is 0 Å². The standard InChI is InChI=1S/C8H15NO/c1-7-3-4-8(10)6-9(2)5-7/h7H,3-6H2,1-2H3. The zero-order chi connectivity index (χ0) is 7.56. The maximum Gasteiger partial charge on any atom is 0.146 e. The molecule has 0 spiro atoms. The van der Waals surface area contributed by atoms with Crippen LogP contribution in [0.2, 0.25) is 0 Å². The molecule has 0 bridgehead atoms. The summed E-state index contributed by atoms with van der Waals surface area (Å²) in [5.41, 5.74) is 0. The number of ketones is 1. The van der Waals surface area contributed by atoms with Gasteiger partial charge in [-0.25, -0.2) is 0 Å². The van der Waals surface area contributed by atoms with Crippen molar-refractivity contribution in [2.75, 3.05) is 20.1 Å². The monoisotopic (exact) mass is 141 g/mol. The fraction of sp³-hybridized carbons (Fsp3) is 0.875. The van der Waals surface area contributed by atoms with Crippen molar-refractivity contribution in [3.05, 3.63) is 0 Å². The van der Waals surface area contributed by atoms with Crippen molar-refractivity contribution >= 4 is 5.78 Å². The molecule has 2 nitrogen and oxygen atoms in total. The zero-order valence-electron chi connectivity index (χ0n) is 6.76. The van der Waals surface area contributed by atoms with E-state index in [0.717, 1.165) is 19.4 Å². The molecule has 0 radical (unpaired) electrons. The lowest BCUT2D eigenvalue weighted by atomic mass is 10.1. The highest BCUT2D eigenvalue weighted by Gasteiger charge is 2.15. The van der Waals surface area contributed by atoms with Crippen LogP contribution in [-0.4, -0.2) is 30.8 Å². The Morgan fingerprint density at radius 3 is 3.00 bits per heavy atom. The Kier molecular flexibility index (Phi) is 2.44. The van der Waals surface area contributed by atoms with Gasteiger partial charge in [0.25, 0.3) is 0 Å². The summed E-state index contributed by atoms with van der Waals surface area (Å²) in [6, 6.07) is 0. The molecule has 1 unspecified atom stereocenters. The molecule has 1 fully saturated rings. The fourth-order valence-electron chi connectivity index (χ4n) is 1.48. The Labute approximate surface area is 62.2 Å². The van der Waals surface area contributed by atoms with E-state index in [9.17, 15) is 4.79 Å². The third kappa shape index (κ3) is 2.10. The molecule has 0 aromatic rings. The number of hydrogen-bond donors (Lipinski definition) is 0. The molecule has 1 aliphatic heterocycles. The number of likely N-dealkylation sites (tertiary alicyclic amines) is 1. The van der Waals surface area contributed by atoms with Crippen LogP contribution in [0.4, 0.5) is 0 Å². The number of Topliss-reactive ketones (excluding diaryl/α,β-unsaturated/α-hetero) is 1. The zero-order valence-corrected chi connectivity index (χ0v) is 6.76. The molecule has 0 amide bonds. The molecular weight excluding hydrogens is 126 g/mol. The Morgan fingerprint density at radius 1 is 1.60 bits per heavy atom. The van der Waals surface area contributed by atoms with E-state index in [2.05, 4.69) is 11.8 Å². The van der Waals surface area contributed by atoms with E-state index in [0.29, 0.717) is 18.2 Å². The van der Waals surface area contributed by atoms with Crippen LogP contribution >= 0.6 is 0 Å². The Balaban J connectivity index is 2.46. The van der Waals surface area contributed by atoms with E-state index < -0.39 is 0 Å². The smallest absolute Gasteiger partial charge is 0.146 e. The van der Waals surface area contributed by atoms with E-state index in [4.69, 9.17) is 0 Å². The minimum Gasteiger partial charge on any atom is -0.299 e. The van der Waals surface area contributed by atoms with Crippen LogP contribution in [0.1, 0.15) is 19.8 Å². The summed E-state index contributed by atoms with van der Waals surface area (Å²) in [6.07, 6.45) is 1.86. The molecule has 2 heteroatoms. The van der Waals surface area contributed by atoms with Gasteiger partial charge in [0.05, 0.1) is 6.54 Å². The summed E-state index contributed by atoms with van der Waals surface area (Å²) in [5.74, 6) is 1.09. The summed E-state index contributed by atoms with van der Waals surface area (Å²) >= 11 is 0. The minimum absolute atomic E-state index is 0.395. The molecule has 10 heavy (non-hydrogen) atoms. The second kappa shape index (κ2) is 3.15. The van der Waals surface area contributed by atoms with Crippen LogP contribution in [-0.2, 0) is 4.79 Å². The van der Waals surface area contributed by atoms with Crippen molar-refractivity contribution in [2.45, 2.75) is 19.8 Å². The summed E-state index contributed by atoms with van der Waals surface area (Å²) in [7, 11) is 2.01. The Morgan fingerprint density at radius 2 is 2.30 bits per heavy atom. The van der Waals surface area contributed by atoms with Crippen LogP contribution < -0.4 is 0 Å². The molecule has 0 N–H and O–H groups in total. The van der Waals surface area contributed by atoms with Crippen LogP contribution in [0.3, 0.4) is 0 Å². The van der Waals surface area contributed by atoms with Gasteiger partial charge >= 0.3 is 0 Å². The largest absolute Gasteiger partial charge is 0.299 e. The number of rotatable bonds is 0. The fourth-order valence-corrected chi connectivity index (χ4v) is 1.48. The predicted molar refractivity (Wildman–Crippen MR) is 40.9 cm³/mol. The van der Waals surface area contributed by atoms with E-state index in [1.807, 2.05) is 7.05 Å². The van der Waals surface area contributed by atoms with Crippen LogP contribution in [0.15, 0.2) is 0 Å². The van der Waals surface area contributed by atoms with Crippen molar-refractivity contribution in [3.63, 3.8) is 0 Å². The minimum atomic E-state index is 0.395. The number of nitrogens with zero attached hydrogens (tertiary/aromatic N) is 1. The molecule has 1 rings (SSSR count). The SMILES string of the molecule is CC1CCC(=O)CN(C)C1. The van der Waals surface area contributed by atoms with Gasteiger partial charge in [-0.1, -0.05) is 6.92 Å². The predicted octanol–water partition coefficient (Wildman–Crippen LogP) is 0.917. The lowest BCUT2D eigenvalue weighted by molar-refractivity contribution is -0.119. The highest BCUT2D eigenvalue weighted by atomic mass is 16.1. The maximum atomic E-state index is 11.0. The topological polar surface area (TPSA) is 20.3 Å². The maximum absolute atomic E-state index is 11.0. The lowest BCUT2D eigenvalue weighted by Gasteiger charge is -2.14. The van der Waals surface area contributed by atoms with Crippen molar-refractivity contribution in [1.82, 2.24) is 4.90 Å². The van der Waals surface area contributed by atoms with Crippen LogP contribution in [0.25, 0.3) is 0 Å². The van der Waals surface area contributed by atoms with E-state index >= 15 is 0 Å². The second-order valence-corrected chi connectivity index (χ2v) is 3.38. The first-order chi connectivity index (χ1) is 4.68. The summed E-state index contributed by atoms with van der Waals surface area (Å²) in [6.45, 7) is 3.94. The lowest BCUT2D eigenvalue weighted by Crippen LogP contribution is -2.25. The molecular formula is C8H15NO. The van der Waals surface area contributed by atoms with E-state index in [-0.39, 0.29) is 0 Å². The molecule has 0 saturated carbocycles. The molecule has 0 aromatic carbocycles.